The first kappa shape index (κ1) is 21.1. The molecule has 4 rings (SSSR count). The Hall–Kier alpha value is -3.18. The Morgan fingerprint density at radius 2 is 1.71 bits per heavy atom. The minimum atomic E-state index is -0.162. The molecule has 3 aromatic rings. The molecular weight excluding hydrogens is 452 g/mol. The van der Waals surface area contributed by atoms with Gasteiger partial charge in [0.25, 0.3) is 5.91 Å². The molecular formula is C26H23BrN2O2. The lowest BCUT2D eigenvalue weighted by Crippen LogP contribution is -2.21. The molecule has 0 fully saturated rings. The first-order chi connectivity index (χ1) is 15.2. The van der Waals surface area contributed by atoms with Crippen LogP contribution in [0.1, 0.15) is 30.9 Å². The average Bonchev–Trinajstić information content (AvgIpc) is 3.13. The van der Waals surface area contributed by atoms with E-state index in [1.54, 1.807) is 0 Å². The van der Waals surface area contributed by atoms with Gasteiger partial charge < -0.3 is 4.74 Å². The summed E-state index contributed by atoms with van der Waals surface area (Å²) >= 11 is 3.54. The molecule has 1 amide bonds. The number of carbonyl (C=O) groups is 1. The van der Waals surface area contributed by atoms with Crippen LogP contribution in [0.5, 0.6) is 5.75 Å². The molecule has 0 N–H and O–H groups in total. The molecule has 156 valence electrons. The summed E-state index contributed by atoms with van der Waals surface area (Å²) in [6.07, 6.45) is 3.91. The van der Waals surface area contributed by atoms with Crippen molar-refractivity contribution in [2.75, 3.05) is 11.6 Å². The Balaban J connectivity index is 1.79. The number of nitrogens with zero attached hydrogens (tertiary/aromatic N) is 2. The van der Waals surface area contributed by atoms with Gasteiger partial charge in [-0.2, -0.15) is 10.1 Å². The number of amides is 1. The number of ether oxygens (including phenoxy) is 1. The molecule has 31 heavy (non-hydrogen) atoms. The minimum absolute atomic E-state index is 0.162. The Bertz CT molecular complexity index is 1120. The Morgan fingerprint density at radius 1 is 1.00 bits per heavy atom. The van der Waals surface area contributed by atoms with Crippen LogP contribution in [0.4, 0.5) is 5.69 Å². The quantitative estimate of drug-likeness (QED) is 0.291. The first-order valence-electron chi connectivity index (χ1n) is 10.4. The number of para-hydroxylation sites is 1. The number of anilines is 1. The van der Waals surface area contributed by atoms with E-state index in [2.05, 4.69) is 22.9 Å². The summed E-state index contributed by atoms with van der Waals surface area (Å²) in [6, 6.07) is 25.1. The van der Waals surface area contributed by atoms with E-state index < -0.39 is 0 Å². The van der Waals surface area contributed by atoms with Crippen molar-refractivity contribution in [3.8, 4) is 5.75 Å². The van der Waals surface area contributed by atoms with E-state index in [-0.39, 0.29) is 5.91 Å². The van der Waals surface area contributed by atoms with Crippen LogP contribution in [0.2, 0.25) is 0 Å². The third-order valence-corrected chi connectivity index (χ3v) is 5.45. The standard InChI is InChI=1S/C26H23BrN2O2/c1-2-3-16-31-24-15-14-21(27)17-20(24)18-23-25(19-10-6-4-7-11-19)28-29(26(23)30)22-12-8-5-9-13-22/h4-15,17-18H,2-3,16H2,1H3/b23-18-. The van der Waals surface area contributed by atoms with Crippen molar-refractivity contribution >= 4 is 39.3 Å². The van der Waals surface area contributed by atoms with E-state index in [9.17, 15) is 4.79 Å². The number of carbonyl (C=O) groups excluding carboxylic acids is 1. The van der Waals surface area contributed by atoms with Gasteiger partial charge in [-0.05, 0) is 42.8 Å². The summed E-state index contributed by atoms with van der Waals surface area (Å²) < 4.78 is 6.92. The van der Waals surface area contributed by atoms with Crippen LogP contribution in [-0.2, 0) is 4.79 Å². The number of benzene rings is 3. The van der Waals surface area contributed by atoms with Gasteiger partial charge in [0, 0.05) is 15.6 Å². The molecule has 0 aliphatic carbocycles. The van der Waals surface area contributed by atoms with Gasteiger partial charge in [-0.15, -0.1) is 0 Å². The topological polar surface area (TPSA) is 41.9 Å². The van der Waals surface area contributed by atoms with Crippen molar-refractivity contribution in [2.24, 2.45) is 5.10 Å². The summed E-state index contributed by atoms with van der Waals surface area (Å²) in [5.41, 5.74) is 3.65. The highest BCUT2D eigenvalue weighted by atomic mass is 79.9. The van der Waals surface area contributed by atoms with Crippen LogP contribution < -0.4 is 9.75 Å². The molecule has 0 spiro atoms. The third-order valence-electron chi connectivity index (χ3n) is 4.95. The van der Waals surface area contributed by atoms with Gasteiger partial charge in [0.2, 0.25) is 0 Å². The molecule has 1 heterocycles. The maximum Gasteiger partial charge on any atom is 0.281 e. The van der Waals surface area contributed by atoms with E-state index in [0.717, 1.165) is 39.9 Å². The highest BCUT2D eigenvalue weighted by Crippen LogP contribution is 2.31. The fourth-order valence-corrected chi connectivity index (χ4v) is 3.72. The van der Waals surface area contributed by atoms with Gasteiger partial charge >= 0.3 is 0 Å². The fraction of sp³-hybridized carbons (Fsp3) is 0.154. The number of unbranched alkanes of at least 4 members (excludes halogenated alkanes) is 1. The summed E-state index contributed by atoms with van der Waals surface area (Å²) in [7, 11) is 0. The Kier molecular flexibility index (Phi) is 6.63. The van der Waals surface area contributed by atoms with Crippen molar-refractivity contribution in [1.82, 2.24) is 0 Å². The first-order valence-corrected chi connectivity index (χ1v) is 11.1. The lowest BCUT2D eigenvalue weighted by molar-refractivity contribution is -0.114. The van der Waals surface area contributed by atoms with Crippen molar-refractivity contribution < 1.29 is 9.53 Å². The van der Waals surface area contributed by atoms with Gasteiger partial charge in [0.1, 0.15) is 11.5 Å². The lowest BCUT2D eigenvalue weighted by Gasteiger charge is -2.12. The van der Waals surface area contributed by atoms with Crippen LogP contribution >= 0.6 is 15.9 Å². The predicted octanol–water partition coefficient (Wildman–Crippen LogP) is 6.46. The zero-order valence-corrected chi connectivity index (χ0v) is 18.9. The van der Waals surface area contributed by atoms with Crippen LogP contribution in [0, 0.1) is 0 Å². The van der Waals surface area contributed by atoms with Crippen molar-refractivity contribution in [2.45, 2.75) is 19.8 Å². The second-order valence-corrected chi connectivity index (χ2v) is 8.12. The predicted molar refractivity (Wildman–Crippen MR) is 129 cm³/mol. The fourth-order valence-electron chi connectivity index (χ4n) is 3.34. The molecule has 1 aliphatic rings. The number of halogens is 1. The summed E-state index contributed by atoms with van der Waals surface area (Å²) in [5, 5.41) is 6.16. The van der Waals surface area contributed by atoms with Crippen LogP contribution in [0.25, 0.3) is 6.08 Å². The molecule has 0 bridgehead atoms. The smallest absolute Gasteiger partial charge is 0.281 e. The molecule has 0 radical (unpaired) electrons. The summed E-state index contributed by atoms with van der Waals surface area (Å²) in [4.78, 5) is 13.4. The zero-order valence-electron chi connectivity index (χ0n) is 17.3. The van der Waals surface area contributed by atoms with Gasteiger partial charge in [0.15, 0.2) is 0 Å². The molecule has 0 unspecified atom stereocenters. The average molecular weight is 475 g/mol. The molecule has 4 nitrogen and oxygen atoms in total. The highest BCUT2D eigenvalue weighted by Gasteiger charge is 2.32. The Morgan fingerprint density at radius 3 is 2.42 bits per heavy atom. The number of rotatable bonds is 7. The molecule has 3 aromatic carbocycles. The van der Waals surface area contributed by atoms with Gasteiger partial charge in [-0.1, -0.05) is 77.8 Å². The van der Waals surface area contributed by atoms with Crippen LogP contribution in [0.3, 0.4) is 0 Å². The van der Waals surface area contributed by atoms with Gasteiger partial charge in [-0.25, -0.2) is 0 Å². The second kappa shape index (κ2) is 9.75. The van der Waals surface area contributed by atoms with E-state index in [1.807, 2.05) is 84.9 Å². The maximum absolute atomic E-state index is 13.4. The molecule has 0 saturated carbocycles. The van der Waals surface area contributed by atoms with Crippen LogP contribution in [0.15, 0.2) is 94.0 Å². The Labute approximate surface area is 191 Å². The van der Waals surface area contributed by atoms with Crippen LogP contribution in [-0.4, -0.2) is 18.2 Å². The second-order valence-electron chi connectivity index (χ2n) is 7.21. The minimum Gasteiger partial charge on any atom is -0.493 e. The number of hydrogen-bond acceptors (Lipinski definition) is 3. The van der Waals surface area contributed by atoms with E-state index in [4.69, 9.17) is 9.84 Å². The largest absolute Gasteiger partial charge is 0.493 e. The van der Waals surface area contributed by atoms with E-state index >= 15 is 0 Å². The summed E-state index contributed by atoms with van der Waals surface area (Å²) in [5.74, 6) is 0.590. The summed E-state index contributed by atoms with van der Waals surface area (Å²) in [6.45, 7) is 2.77. The monoisotopic (exact) mass is 474 g/mol. The van der Waals surface area contributed by atoms with Gasteiger partial charge in [0.05, 0.1) is 17.9 Å². The maximum atomic E-state index is 13.4. The molecule has 1 aliphatic heterocycles. The molecule has 0 aromatic heterocycles. The van der Waals surface area contributed by atoms with Crippen molar-refractivity contribution in [1.29, 1.82) is 0 Å². The van der Waals surface area contributed by atoms with Crippen molar-refractivity contribution in [3.05, 3.63) is 100 Å². The highest BCUT2D eigenvalue weighted by molar-refractivity contribution is 9.10. The molecule has 0 atom stereocenters. The number of hydrazone groups is 1. The third kappa shape index (κ3) is 4.78. The van der Waals surface area contributed by atoms with E-state index in [1.165, 1.54) is 5.01 Å². The number of hydrogen-bond donors (Lipinski definition) is 0. The SMILES string of the molecule is CCCCOc1ccc(Br)cc1/C=C1\C(=O)N(c2ccccc2)N=C1c1ccccc1. The lowest BCUT2D eigenvalue weighted by atomic mass is 10.00. The van der Waals surface area contributed by atoms with E-state index in [0.29, 0.717) is 17.9 Å². The van der Waals surface area contributed by atoms with Gasteiger partial charge in [-0.3, -0.25) is 4.79 Å². The zero-order chi connectivity index (χ0) is 21.6. The molecule has 0 saturated heterocycles. The normalized spacial score (nSPS) is 14.8. The van der Waals surface area contributed by atoms with Crippen molar-refractivity contribution in [3.63, 3.8) is 0 Å². The molecule has 5 heteroatoms.